The minimum atomic E-state index is -2.39. The molecule has 0 nitrogen and oxygen atoms in total. The summed E-state index contributed by atoms with van der Waals surface area (Å²) in [6.45, 7) is 3.55. The van der Waals surface area contributed by atoms with E-state index in [1.165, 1.54) is 0 Å². The fourth-order valence-corrected chi connectivity index (χ4v) is 1.51. The van der Waals surface area contributed by atoms with Crippen molar-refractivity contribution in [2.24, 2.45) is 11.8 Å². The van der Waals surface area contributed by atoms with Crippen LogP contribution < -0.4 is 0 Å². The molecule has 0 spiro atoms. The van der Waals surface area contributed by atoms with Crippen LogP contribution >= 0.6 is 0 Å². The van der Waals surface area contributed by atoms with E-state index in [0.29, 0.717) is 6.42 Å². The van der Waals surface area contributed by atoms with Crippen molar-refractivity contribution in [3.63, 3.8) is 0 Å². The summed E-state index contributed by atoms with van der Waals surface area (Å²) in [6, 6.07) is 0. The standard InChI is InChI=1S/C8H14F2/c1-6-3-4-7(2)8(9,10)5-6/h6-7H,3-5H2,1-2H3/t6?,7-/m1/s1. The Bertz CT molecular complexity index is 120. The smallest absolute Gasteiger partial charge is 0.207 e. The Morgan fingerprint density at radius 2 is 1.80 bits per heavy atom. The largest absolute Gasteiger partial charge is 0.250 e. The lowest BCUT2D eigenvalue weighted by Crippen LogP contribution is -2.32. The van der Waals surface area contributed by atoms with Crippen molar-refractivity contribution < 1.29 is 8.78 Å². The molecule has 0 aromatic heterocycles. The second-order valence-electron chi connectivity index (χ2n) is 3.55. The molecule has 1 saturated carbocycles. The lowest BCUT2D eigenvalue weighted by Gasteiger charge is -2.32. The topological polar surface area (TPSA) is 0 Å². The first-order valence-corrected chi connectivity index (χ1v) is 3.90. The SMILES string of the molecule is CC1CC[C@@H](C)C(F)(F)C1. The minimum absolute atomic E-state index is 0.0914. The number of hydrogen-bond acceptors (Lipinski definition) is 0. The molecule has 0 radical (unpaired) electrons. The molecule has 1 rings (SSSR count). The molecule has 10 heavy (non-hydrogen) atoms. The molecule has 1 aliphatic carbocycles. The molecule has 2 atom stereocenters. The number of halogens is 2. The maximum atomic E-state index is 12.8. The molecule has 0 bridgehead atoms. The fourth-order valence-electron chi connectivity index (χ4n) is 1.51. The number of rotatable bonds is 0. The molecule has 0 heterocycles. The molecule has 2 heteroatoms. The van der Waals surface area contributed by atoms with Crippen LogP contribution in [-0.4, -0.2) is 5.92 Å². The zero-order valence-corrected chi connectivity index (χ0v) is 6.53. The highest BCUT2D eigenvalue weighted by atomic mass is 19.3. The second kappa shape index (κ2) is 2.48. The van der Waals surface area contributed by atoms with Crippen LogP contribution in [0.25, 0.3) is 0 Å². The van der Waals surface area contributed by atoms with Gasteiger partial charge in [-0.3, -0.25) is 0 Å². The van der Waals surface area contributed by atoms with E-state index < -0.39 is 11.8 Å². The molecule has 60 valence electrons. The van der Waals surface area contributed by atoms with Crippen LogP contribution in [-0.2, 0) is 0 Å². The van der Waals surface area contributed by atoms with Crippen molar-refractivity contribution >= 4 is 0 Å². The molecule has 1 fully saturated rings. The first kappa shape index (κ1) is 7.96. The Morgan fingerprint density at radius 1 is 1.20 bits per heavy atom. The number of hydrogen-bond donors (Lipinski definition) is 0. The lowest BCUT2D eigenvalue weighted by molar-refractivity contribution is -0.0927. The zero-order valence-electron chi connectivity index (χ0n) is 6.53. The Hall–Kier alpha value is -0.140. The van der Waals surface area contributed by atoms with Gasteiger partial charge in [-0.15, -0.1) is 0 Å². The van der Waals surface area contributed by atoms with Gasteiger partial charge in [0.25, 0.3) is 5.92 Å². The monoisotopic (exact) mass is 148 g/mol. The molecule has 0 aliphatic heterocycles. The van der Waals surface area contributed by atoms with E-state index in [2.05, 4.69) is 0 Å². The van der Waals surface area contributed by atoms with Gasteiger partial charge in [0.2, 0.25) is 0 Å². The van der Waals surface area contributed by atoms with Crippen molar-refractivity contribution in [2.45, 2.75) is 39.0 Å². The van der Waals surface area contributed by atoms with Gasteiger partial charge in [-0.2, -0.15) is 0 Å². The molecular weight excluding hydrogens is 134 g/mol. The molecule has 1 aliphatic rings. The van der Waals surface area contributed by atoms with Crippen LogP contribution in [0.4, 0.5) is 8.78 Å². The first-order valence-electron chi connectivity index (χ1n) is 3.90. The van der Waals surface area contributed by atoms with Crippen molar-refractivity contribution in [1.29, 1.82) is 0 Å². The van der Waals surface area contributed by atoms with E-state index in [-0.39, 0.29) is 12.3 Å². The maximum Gasteiger partial charge on any atom is 0.250 e. The van der Waals surface area contributed by atoms with E-state index in [1.807, 2.05) is 6.92 Å². The van der Waals surface area contributed by atoms with Crippen molar-refractivity contribution in [3.8, 4) is 0 Å². The van der Waals surface area contributed by atoms with E-state index in [9.17, 15) is 8.78 Å². The average Bonchev–Trinajstić information content (AvgIpc) is 1.78. The van der Waals surface area contributed by atoms with Gasteiger partial charge in [0, 0.05) is 12.3 Å². The minimum Gasteiger partial charge on any atom is -0.207 e. The van der Waals surface area contributed by atoms with E-state index in [1.54, 1.807) is 6.92 Å². The van der Waals surface area contributed by atoms with Gasteiger partial charge in [0.1, 0.15) is 0 Å². The van der Waals surface area contributed by atoms with Crippen LogP contribution in [0.3, 0.4) is 0 Å². The Labute approximate surface area is 60.6 Å². The Balaban J connectivity index is 2.55. The molecule has 0 aromatic carbocycles. The summed E-state index contributed by atoms with van der Waals surface area (Å²) < 4.78 is 25.7. The Kier molecular flexibility index (Phi) is 1.97. The zero-order chi connectivity index (χ0) is 7.78. The second-order valence-corrected chi connectivity index (χ2v) is 3.55. The highest BCUT2D eigenvalue weighted by molar-refractivity contribution is 4.81. The van der Waals surface area contributed by atoms with Gasteiger partial charge in [0.05, 0.1) is 0 Å². The Morgan fingerprint density at radius 3 is 2.20 bits per heavy atom. The van der Waals surface area contributed by atoms with Gasteiger partial charge in [-0.05, 0) is 12.3 Å². The molecular formula is C8H14F2. The van der Waals surface area contributed by atoms with Gasteiger partial charge >= 0.3 is 0 Å². The predicted molar refractivity (Wildman–Crippen MR) is 37.1 cm³/mol. The summed E-state index contributed by atoms with van der Waals surface area (Å²) in [6.07, 6.45) is 1.75. The quantitative estimate of drug-likeness (QED) is 0.495. The predicted octanol–water partition coefficient (Wildman–Crippen LogP) is 3.08. The molecule has 0 aromatic rings. The van der Waals surface area contributed by atoms with Gasteiger partial charge < -0.3 is 0 Å². The van der Waals surface area contributed by atoms with Gasteiger partial charge in [0.15, 0.2) is 0 Å². The van der Waals surface area contributed by atoms with Crippen LogP contribution in [0.15, 0.2) is 0 Å². The third-order valence-electron chi connectivity index (χ3n) is 2.43. The third-order valence-corrected chi connectivity index (χ3v) is 2.43. The highest BCUT2D eigenvalue weighted by Gasteiger charge is 2.40. The van der Waals surface area contributed by atoms with Crippen LogP contribution in [0.5, 0.6) is 0 Å². The van der Waals surface area contributed by atoms with Crippen LogP contribution in [0.1, 0.15) is 33.1 Å². The maximum absolute atomic E-state index is 12.8. The van der Waals surface area contributed by atoms with Crippen molar-refractivity contribution in [3.05, 3.63) is 0 Å². The van der Waals surface area contributed by atoms with Gasteiger partial charge in [-0.1, -0.05) is 20.3 Å². The first-order chi connectivity index (χ1) is 4.52. The average molecular weight is 148 g/mol. The lowest BCUT2D eigenvalue weighted by atomic mass is 9.81. The molecule has 1 unspecified atom stereocenters. The van der Waals surface area contributed by atoms with Gasteiger partial charge in [-0.25, -0.2) is 8.78 Å². The molecule has 0 saturated heterocycles. The van der Waals surface area contributed by atoms with Crippen molar-refractivity contribution in [1.82, 2.24) is 0 Å². The van der Waals surface area contributed by atoms with E-state index >= 15 is 0 Å². The summed E-state index contributed by atoms with van der Waals surface area (Å²) in [5.41, 5.74) is 0. The normalized spacial score (nSPS) is 39.6. The van der Waals surface area contributed by atoms with Crippen molar-refractivity contribution in [2.75, 3.05) is 0 Å². The van der Waals surface area contributed by atoms with Crippen LogP contribution in [0.2, 0.25) is 0 Å². The van der Waals surface area contributed by atoms with E-state index in [0.717, 1.165) is 6.42 Å². The third kappa shape index (κ3) is 1.47. The van der Waals surface area contributed by atoms with Crippen LogP contribution in [0, 0.1) is 11.8 Å². The highest BCUT2D eigenvalue weighted by Crippen LogP contribution is 2.40. The fraction of sp³-hybridized carbons (Fsp3) is 1.00. The summed E-state index contributed by atoms with van der Waals surface area (Å²) >= 11 is 0. The molecule has 0 amide bonds. The number of alkyl halides is 2. The summed E-state index contributed by atoms with van der Waals surface area (Å²) in [7, 11) is 0. The van der Waals surface area contributed by atoms with E-state index in [4.69, 9.17) is 0 Å². The summed E-state index contributed by atoms with van der Waals surface area (Å²) in [5.74, 6) is -2.58. The summed E-state index contributed by atoms with van der Waals surface area (Å²) in [5, 5.41) is 0. The summed E-state index contributed by atoms with van der Waals surface area (Å²) in [4.78, 5) is 0. The molecule has 0 N–H and O–H groups in total.